The van der Waals surface area contributed by atoms with Gasteiger partial charge in [-0.25, -0.2) is 4.79 Å². The lowest BCUT2D eigenvalue weighted by Gasteiger charge is -2.36. The maximum atomic E-state index is 10.8. The fourth-order valence-electron chi connectivity index (χ4n) is 3.09. The first kappa shape index (κ1) is 18.1. The zero-order chi connectivity index (χ0) is 18.4. The number of methoxy groups -OCH3 is 1. The summed E-state index contributed by atoms with van der Waals surface area (Å²) < 4.78 is 11.2. The van der Waals surface area contributed by atoms with Crippen LogP contribution in [0.3, 0.4) is 0 Å². The van der Waals surface area contributed by atoms with Crippen molar-refractivity contribution in [2.24, 2.45) is 0 Å². The molecule has 1 fully saturated rings. The number of benzene rings is 2. The molecule has 2 aromatic rings. The number of rotatable bonds is 7. The lowest BCUT2D eigenvalue weighted by Crippen LogP contribution is -2.47. The fourth-order valence-corrected chi connectivity index (χ4v) is 3.09. The van der Waals surface area contributed by atoms with Gasteiger partial charge in [-0.05, 0) is 36.4 Å². The standard InChI is InChI=1S/C20H24N2O4/c1-25-19-5-3-2-4-18(19)22-12-10-21(11-13-22)14-15-26-17-8-6-16(7-9-17)20(23)24/h2-9H,10-15H2,1H3,(H,23,24). The van der Waals surface area contributed by atoms with E-state index in [-0.39, 0.29) is 5.56 Å². The summed E-state index contributed by atoms with van der Waals surface area (Å²) in [5, 5.41) is 8.90. The van der Waals surface area contributed by atoms with Gasteiger partial charge in [0.1, 0.15) is 18.1 Å². The Morgan fingerprint density at radius 1 is 1.04 bits per heavy atom. The van der Waals surface area contributed by atoms with E-state index in [4.69, 9.17) is 14.6 Å². The van der Waals surface area contributed by atoms with Crippen molar-refractivity contribution in [1.29, 1.82) is 0 Å². The van der Waals surface area contributed by atoms with E-state index in [0.717, 1.165) is 44.2 Å². The van der Waals surface area contributed by atoms with E-state index in [1.54, 1.807) is 31.4 Å². The van der Waals surface area contributed by atoms with Crippen molar-refractivity contribution < 1.29 is 19.4 Å². The quantitative estimate of drug-likeness (QED) is 0.823. The number of carboxylic acids is 1. The minimum atomic E-state index is -0.926. The molecule has 0 unspecified atom stereocenters. The van der Waals surface area contributed by atoms with Gasteiger partial charge in [0.2, 0.25) is 0 Å². The number of aromatic carboxylic acids is 1. The van der Waals surface area contributed by atoms with Gasteiger partial charge in [-0.15, -0.1) is 0 Å². The van der Waals surface area contributed by atoms with Crippen LogP contribution in [0.25, 0.3) is 0 Å². The summed E-state index contributed by atoms with van der Waals surface area (Å²) >= 11 is 0. The molecule has 1 heterocycles. The van der Waals surface area contributed by atoms with E-state index in [9.17, 15) is 4.79 Å². The zero-order valence-electron chi connectivity index (χ0n) is 14.9. The normalized spacial score (nSPS) is 14.9. The highest BCUT2D eigenvalue weighted by Gasteiger charge is 2.19. The summed E-state index contributed by atoms with van der Waals surface area (Å²) in [6, 6.07) is 14.6. The van der Waals surface area contributed by atoms with Crippen LogP contribution < -0.4 is 14.4 Å². The van der Waals surface area contributed by atoms with Crippen LogP contribution in [0.5, 0.6) is 11.5 Å². The summed E-state index contributed by atoms with van der Waals surface area (Å²) in [6.07, 6.45) is 0. The predicted molar refractivity (Wildman–Crippen MR) is 101 cm³/mol. The number of carboxylic acid groups (broad SMARTS) is 1. The number of anilines is 1. The van der Waals surface area contributed by atoms with Gasteiger partial charge in [-0.2, -0.15) is 0 Å². The van der Waals surface area contributed by atoms with Crippen LogP contribution >= 0.6 is 0 Å². The van der Waals surface area contributed by atoms with E-state index >= 15 is 0 Å². The SMILES string of the molecule is COc1ccccc1N1CCN(CCOc2ccc(C(=O)O)cc2)CC1. The van der Waals surface area contributed by atoms with Crippen molar-refractivity contribution in [1.82, 2.24) is 4.90 Å². The minimum absolute atomic E-state index is 0.268. The Hall–Kier alpha value is -2.73. The van der Waals surface area contributed by atoms with Crippen molar-refractivity contribution in [2.45, 2.75) is 0 Å². The van der Waals surface area contributed by atoms with Crippen LogP contribution in [0.15, 0.2) is 48.5 Å². The van der Waals surface area contributed by atoms with Crippen LogP contribution in [0, 0.1) is 0 Å². The highest BCUT2D eigenvalue weighted by atomic mass is 16.5. The Bertz CT molecular complexity index is 725. The molecule has 1 aliphatic heterocycles. The summed E-state index contributed by atoms with van der Waals surface area (Å²) in [7, 11) is 1.70. The molecule has 3 rings (SSSR count). The average Bonchev–Trinajstić information content (AvgIpc) is 2.69. The van der Waals surface area contributed by atoms with Gasteiger partial charge in [-0.3, -0.25) is 4.90 Å². The summed E-state index contributed by atoms with van der Waals surface area (Å²) in [6.45, 7) is 5.28. The predicted octanol–water partition coefficient (Wildman–Crippen LogP) is 2.59. The Morgan fingerprint density at radius 2 is 1.73 bits per heavy atom. The van der Waals surface area contributed by atoms with Gasteiger partial charge in [0.05, 0.1) is 18.4 Å². The number of para-hydroxylation sites is 2. The lowest BCUT2D eigenvalue weighted by molar-refractivity contribution is 0.0697. The zero-order valence-corrected chi connectivity index (χ0v) is 14.9. The maximum absolute atomic E-state index is 10.8. The summed E-state index contributed by atoms with van der Waals surface area (Å²) in [5.74, 6) is 0.682. The van der Waals surface area contributed by atoms with Crippen LogP contribution in [-0.4, -0.2) is 62.4 Å². The molecule has 0 spiro atoms. The molecule has 0 atom stereocenters. The largest absolute Gasteiger partial charge is 0.495 e. The molecule has 138 valence electrons. The minimum Gasteiger partial charge on any atom is -0.495 e. The highest BCUT2D eigenvalue weighted by Crippen LogP contribution is 2.28. The number of hydrogen-bond donors (Lipinski definition) is 1. The number of ether oxygens (including phenoxy) is 2. The Morgan fingerprint density at radius 3 is 2.38 bits per heavy atom. The molecule has 1 aliphatic rings. The van der Waals surface area contributed by atoms with Crippen LogP contribution in [0.1, 0.15) is 10.4 Å². The summed E-state index contributed by atoms with van der Waals surface area (Å²) in [4.78, 5) is 15.6. The molecule has 0 aromatic heterocycles. The Labute approximate surface area is 153 Å². The topological polar surface area (TPSA) is 62.2 Å². The van der Waals surface area contributed by atoms with Gasteiger partial charge in [0, 0.05) is 32.7 Å². The second-order valence-electron chi connectivity index (χ2n) is 6.18. The van der Waals surface area contributed by atoms with E-state index in [0.29, 0.717) is 12.4 Å². The average molecular weight is 356 g/mol. The van der Waals surface area contributed by atoms with Gasteiger partial charge >= 0.3 is 5.97 Å². The van der Waals surface area contributed by atoms with Crippen LogP contribution in [0.2, 0.25) is 0 Å². The van der Waals surface area contributed by atoms with Crippen molar-refractivity contribution in [2.75, 3.05) is 51.3 Å². The molecule has 1 N–H and O–H groups in total. The third-order valence-corrected chi connectivity index (χ3v) is 4.58. The number of hydrogen-bond acceptors (Lipinski definition) is 5. The van der Waals surface area contributed by atoms with E-state index in [1.807, 2.05) is 18.2 Å². The molecule has 6 heteroatoms. The molecule has 26 heavy (non-hydrogen) atoms. The van der Waals surface area contributed by atoms with Crippen LogP contribution in [0.4, 0.5) is 5.69 Å². The van der Waals surface area contributed by atoms with Gasteiger partial charge in [0.25, 0.3) is 0 Å². The van der Waals surface area contributed by atoms with Crippen molar-refractivity contribution in [3.05, 3.63) is 54.1 Å². The lowest BCUT2D eigenvalue weighted by atomic mass is 10.2. The van der Waals surface area contributed by atoms with Crippen molar-refractivity contribution in [3.63, 3.8) is 0 Å². The monoisotopic (exact) mass is 356 g/mol. The molecule has 2 aromatic carbocycles. The van der Waals surface area contributed by atoms with Gasteiger partial charge in [0.15, 0.2) is 0 Å². The summed E-state index contributed by atoms with van der Waals surface area (Å²) in [5.41, 5.74) is 1.41. The second kappa shape index (κ2) is 8.58. The fraction of sp³-hybridized carbons (Fsp3) is 0.350. The first-order valence-electron chi connectivity index (χ1n) is 8.74. The Kier molecular flexibility index (Phi) is 5.96. The molecular weight excluding hydrogens is 332 g/mol. The van der Waals surface area contributed by atoms with E-state index < -0.39 is 5.97 Å². The maximum Gasteiger partial charge on any atom is 0.335 e. The molecule has 0 saturated carbocycles. The number of piperazine rings is 1. The highest BCUT2D eigenvalue weighted by molar-refractivity contribution is 5.87. The van der Waals surface area contributed by atoms with Crippen LogP contribution in [-0.2, 0) is 0 Å². The molecule has 0 amide bonds. The third-order valence-electron chi connectivity index (χ3n) is 4.58. The molecule has 0 bridgehead atoms. The second-order valence-corrected chi connectivity index (χ2v) is 6.18. The molecule has 0 radical (unpaired) electrons. The van der Waals surface area contributed by atoms with Crippen molar-refractivity contribution in [3.8, 4) is 11.5 Å². The Balaban J connectivity index is 1.43. The molecule has 1 saturated heterocycles. The first-order chi connectivity index (χ1) is 12.7. The molecule has 0 aliphatic carbocycles. The van der Waals surface area contributed by atoms with E-state index in [2.05, 4.69) is 15.9 Å². The molecular formula is C20H24N2O4. The van der Waals surface area contributed by atoms with Gasteiger partial charge < -0.3 is 19.5 Å². The number of carbonyl (C=O) groups is 1. The number of nitrogens with zero attached hydrogens (tertiary/aromatic N) is 2. The first-order valence-corrected chi connectivity index (χ1v) is 8.74. The van der Waals surface area contributed by atoms with E-state index in [1.165, 1.54) is 0 Å². The molecule has 6 nitrogen and oxygen atoms in total. The van der Waals surface area contributed by atoms with Gasteiger partial charge in [-0.1, -0.05) is 12.1 Å². The van der Waals surface area contributed by atoms with Crippen molar-refractivity contribution >= 4 is 11.7 Å². The smallest absolute Gasteiger partial charge is 0.335 e. The third kappa shape index (κ3) is 4.46.